The Hall–Kier alpha value is -0.730. The first-order valence-electron chi connectivity index (χ1n) is 7.73. The molecule has 0 radical (unpaired) electrons. The van der Waals surface area contributed by atoms with Crippen LogP contribution < -0.4 is 0 Å². The van der Waals surface area contributed by atoms with Crippen LogP contribution in [0.2, 0.25) is 0 Å². The van der Waals surface area contributed by atoms with Gasteiger partial charge in [-0.15, -0.1) is 0 Å². The summed E-state index contributed by atoms with van der Waals surface area (Å²) in [5.74, 6) is 0.346. The second kappa shape index (κ2) is 10.1. The van der Waals surface area contributed by atoms with Crippen molar-refractivity contribution < 1.29 is 14.3 Å². The first-order chi connectivity index (χ1) is 8.93. The molecule has 1 unspecified atom stereocenters. The van der Waals surface area contributed by atoms with Crippen molar-refractivity contribution in [3.05, 3.63) is 0 Å². The molecule has 0 aromatic heterocycles. The van der Waals surface area contributed by atoms with Crippen molar-refractivity contribution in [2.75, 3.05) is 13.2 Å². The highest BCUT2D eigenvalue weighted by molar-refractivity contribution is 5.59. The number of hydrogen-bond acceptors (Lipinski definition) is 3. The molecule has 19 heavy (non-hydrogen) atoms. The second-order valence-electron chi connectivity index (χ2n) is 6.26. The predicted molar refractivity (Wildman–Crippen MR) is 79.3 cm³/mol. The summed E-state index contributed by atoms with van der Waals surface area (Å²) in [4.78, 5) is 11.5. The van der Waals surface area contributed by atoms with E-state index in [1.165, 1.54) is 19.3 Å². The average molecular weight is 272 g/mol. The Balaban J connectivity index is 4.07. The van der Waals surface area contributed by atoms with Crippen molar-refractivity contribution in [2.45, 2.75) is 73.1 Å². The summed E-state index contributed by atoms with van der Waals surface area (Å²) in [7, 11) is 0. The van der Waals surface area contributed by atoms with Gasteiger partial charge in [0.25, 0.3) is 0 Å². The van der Waals surface area contributed by atoms with Crippen LogP contribution in [0.5, 0.6) is 0 Å². The number of ether oxygens (including phenoxy) is 2. The topological polar surface area (TPSA) is 35.5 Å². The monoisotopic (exact) mass is 272 g/mol. The lowest BCUT2D eigenvalue weighted by molar-refractivity contribution is 0.0148. The van der Waals surface area contributed by atoms with Crippen LogP contribution in [0.15, 0.2) is 0 Å². The van der Waals surface area contributed by atoms with Gasteiger partial charge in [-0.2, -0.15) is 0 Å². The lowest BCUT2D eigenvalue weighted by Gasteiger charge is -2.28. The molecule has 0 spiro atoms. The molecular weight excluding hydrogens is 240 g/mol. The van der Waals surface area contributed by atoms with E-state index in [2.05, 4.69) is 20.8 Å². The molecule has 0 aromatic rings. The lowest BCUT2D eigenvalue weighted by atomic mass is 9.81. The van der Waals surface area contributed by atoms with Gasteiger partial charge in [0.2, 0.25) is 0 Å². The molecule has 0 saturated carbocycles. The van der Waals surface area contributed by atoms with Crippen molar-refractivity contribution in [1.82, 2.24) is 0 Å². The normalized spacial score (nSPS) is 14.2. The molecule has 0 aliphatic rings. The van der Waals surface area contributed by atoms with E-state index in [0.29, 0.717) is 19.1 Å². The fourth-order valence-corrected chi connectivity index (χ4v) is 2.18. The fraction of sp³-hybridized carbons (Fsp3) is 0.938. The Bertz CT molecular complexity index is 238. The predicted octanol–water partition coefficient (Wildman–Crippen LogP) is 5.18. The summed E-state index contributed by atoms with van der Waals surface area (Å²) in [6, 6.07) is 0. The van der Waals surface area contributed by atoms with Crippen LogP contribution in [0.25, 0.3) is 0 Å². The van der Waals surface area contributed by atoms with E-state index in [9.17, 15) is 4.79 Å². The minimum Gasteiger partial charge on any atom is -0.434 e. The van der Waals surface area contributed by atoms with Crippen LogP contribution in [0.4, 0.5) is 4.79 Å². The number of rotatable bonds is 10. The number of carbonyl (C=O) groups excluding carboxylic acids is 1. The number of hydrogen-bond donors (Lipinski definition) is 0. The van der Waals surface area contributed by atoms with Gasteiger partial charge in [0.05, 0.1) is 6.61 Å². The molecule has 0 heterocycles. The highest BCUT2D eigenvalue weighted by atomic mass is 16.7. The SMILES string of the molecule is CCCCCC(C)(CCC)COC(=O)OCC(C)C. The van der Waals surface area contributed by atoms with Crippen molar-refractivity contribution in [1.29, 1.82) is 0 Å². The van der Waals surface area contributed by atoms with Crippen molar-refractivity contribution in [3.8, 4) is 0 Å². The van der Waals surface area contributed by atoms with E-state index >= 15 is 0 Å². The Morgan fingerprint density at radius 2 is 1.74 bits per heavy atom. The largest absolute Gasteiger partial charge is 0.508 e. The van der Waals surface area contributed by atoms with Gasteiger partial charge in [-0.1, -0.05) is 60.3 Å². The zero-order valence-corrected chi connectivity index (χ0v) is 13.5. The van der Waals surface area contributed by atoms with Gasteiger partial charge >= 0.3 is 6.16 Å². The molecule has 0 N–H and O–H groups in total. The molecule has 1 atom stereocenters. The molecule has 114 valence electrons. The first-order valence-corrected chi connectivity index (χ1v) is 7.73. The van der Waals surface area contributed by atoms with E-state index in [4.69, 9.17) is 9.47 Å². The molecule has 0 amide bonds. The molecule has 0 aliphatic carbocycles. The van der Waals surface area contributed by atoms with E-state index in [0.717, 1.165) is 19.3 Å². The van der Waals surface area contributed by atoms with E-state index in [1.807, 2.05) is 13.8 Å². The molecule has 0 aliphatic heterocycles. The van der Waals surface area contributed by atoms with Crippen LogP contribution in [0.1, 0.15) is 73.1 Å². The third kappa shape index (κ3) is 9.80. The maximum absolute atomic E-state index is 11.5. The molecule has 3 heteroatoms. The van der Waals surface area contributed by atoms with Gasteiger partial charge in [0.1, 0.15) is 6.61 Å². The Kier molecular flexibility index (Phi) is 9.72. The zero-order chi connectivity index (χ0) is 14.7. The molecule has 0 saturated heterocycles. The summed E-state index contributed by atoms with van der Waals surface area (Å²) in [5, 5.41) is 0. The van der Waals surface area contributed by atoms with E-state index < -0.39 is 6.16 Å². The lowest BCUT2D eigenvalue weighted by Crippen LogP contribution is -2.26. The van der Waals surface area contributed by atoms with Crippen molar-refractivity contribution in [3.63, 3.8) is 0 Å². The van der Waals surface area contributed by atoms with Gasteiger partial charge < -0.3 is 9.47 Å². The van der Waals surface area contributed by atoms with Crippen LogP contribution >= 0.6 is 0 Å². The van der Waals surface area contributed by atoms with Crippen LogP contribution in [-0.2, 0) is 9.47 Å². The quantitative estimate of drug-likeness (QED) is 0.406. The second-order valence-corrected chi connectivity index (χ2v) is 6.26. The molecule has 0 bridgehead atoms. The Morgan fingerprint density at radius 3 is 2.26 bits per heavy atom. The maximum Gasteiger partial charge on any atom is 0.508 e. The van der Waals surface area contributed by atoms with Crippen LogP contribution in [0, 0.1) is 11.3 Å². The molecular formula is C16H32O3. The van der Waals surface area contributed by atoms with Crippen molar-refractivity contribution >= 4 is 6.16 Å². The van der Waals surface area contributed by atoms with Gasteiger partial charge in [-0.3, -0.25) is 0 Å². The highest BCUT2D eigenvalue weighted by Crippen LogP contribution is 2.30. The Labute approximate surface area is 119 Å². The van der Waals surface area contributed by atoms with Crippen LogP contribution in [0.3, 0.4) is 0 Å². The third-order valence-electron chi connectivity index (χ3n) is 3.31. The molecule has 0 aromatic carbocycles. The summed E-state index contributed by atoms with van der Waals surface area (Å²) < 4.78 is 10.3. The average Bonchev–Trinajstić information content (AvgIpc) is 2.35. The molecule has 0 rings (SSSR count). The number of unbranched alkanes of at least 4 members (excludes halogenated alkanes) is 2. The molecule has 3 nitrogen and oxygen atoms in total. The minimum atomic E-state index is -0.522. The van der Waals surface area contributed by atoms with Gasteiger partial charge in [0.15, 0.2) is 0 Å². The third-order valence-corrected chi connectivity index (χ3v) is 3.31. The zero-order valence-electron chi connectivity index (χ0n) is 13.5. The van der Waals surface area contributed by atoms with Crippen LogP contribution in [-0.4, -0.2) is 19.4 Å². The number of carbonyl (C=O) groups is 1. The Morgan fingerprint density at radius 1 is 1.05 bits per heavy atom. The smallest absolute Gasteiger partial charge is 0.434 e. The standard InChI is InChI=1S/C16H32O3/c1-6-8-9-11-16(5,10-7-2)13-19-15(17)18-12-14(3)4/h14H,6-13H2,1-5H3. The van der Waals surface area contributed by atoms with E-state index in [-0.39, 0.29) is 5.41 Å². The molecule has 0 fully saturated rings. The first kappa shape index (κ1) is 18.3. The van der Waals surface area contributed by atoms with Gasteiger partial charge in [0, 0.05) is 5.41 Å². The fourth-order valence-electron chi connectivity index (χ4n) is 2.18. The summed E-state index contributed by atoms with van der Waals surface area (Å²) in [6.07, 6.45) is 6.48. The minimum absolute atomic E-state index is 0.0980. The summed E-state index contributed by atoms with van der Waals surface area (Å²) >= 11 is 0. The maximum atomic E-state index is 11.5. The van der Waals surface area contributed by atoms with Gasteiger partial charge in [-0.25, -0.2) is 4.79 Å². The van der Waals surface area contributed by atoms with Crippen molar-refractivity contribution in [2.24, 2.45) is 11.3 Å². The van der Waals surface area contributed by atoms with E-state index in [1.54, 1.807) is 0 Å². The summed E-state index contributed by atoms with van der Waals surface area (Å²) in [6.45, 7) is 11.5. The summed E-state index contributed by atoms with van der Waals surface area (Å²) in [5.41, 5.74) is 0.0980. The van der Waals surface area contributed by atoms with Gasteiger partial charge in [-0.05, 0) is 18.8 Å². The highest BCUT2D eigenvalue weighted by Gasteiger charge is 2.25.